The second-order valence-electron chi connectivity index (χ2n) is 3.58. The van der Waals surface area contributed by atoms with Crippen molar-refractivity contribution in [2.24, 2.45) is 5.73 Å². The molecule has 3 N–H and O–H groups in total. The molecule has 1 atom stereocenters. The van der Waals surface area contributed by atoms with Gasteiger partial charge >= 0.3 is 11.9 Å². The van der Waals surface area contributed by atoms with Crippen LogP contribution in [-0.4, -0.2) is 29.7 Å². The van der Waals surface area contributed by atoms with Crippen molar-refractivity contribution in [3.05, 3.63) is 48.0 Å². The van der Waals surface area contributed by atoms with Gasteiger partial charge in [-0.05, 0) is 18.6 Å². The molecule has 0 aliphatic rings. The predicted octanol–water partition coefficient (Wildman–Crippen LogP) is 1.20. The molecule has 0 aliphatic carbocycles. The summed E-state index contributed by atoms with van der Waals surface area (Å²) in [6.07, 6.45) is 3.37. The van der Waals surface area contributed by atoms with Gasteiger partial charge in [0.25, 0.3) is 0 Å². The highest BCUT2D eigenvalue weighted by molar-refractivity contribution is 5.89. The van der Waals surface area contributed by atoms with Crippen molar-refractivity contribution < 1.29 is 19.4 Å². The molecule has 0 spiro atoms. The molecule has 18 heavy (non-hydrogen) atoms. The fraction of sp³-hybridized carbons (Fsp3) is 0.231. The Morgan fingerprint density at radius 3 is 2.61 bits per heavy atom. The molecule has 1 rings (SSSR count). The highest BCUT2D eigenvalue weighted by Crippen LogP contribution is 2.01. The number of carbonyl (C=O) groups is 2. The van der Waals surface area contributed by atoms with Crippen LogP contribution in [0.5, 0.6) is 0 Å². The van der Waals surface area contributed by atoms with Gasteiger partial charge in [0.1, 0.15) is 6.04 Å². The molecule has 0 saturated carbocycles. The summed E-state index contributed by atoms with van der Waals surface area (Å²) in [4.78, 5) is 21.9. The van der Waals surface area contributed by atoms with Gasteiger partial charge in [0.2, 0.25) is 0 Å². The van der Waals surface area contributed by atoms with Gasteiger partial charge in [-0.2, -0.15) is 0 Å². The number of esters is 1. The van der Waals surface area contributed by atoms with E-state index in [0.717, 1.165) is 0 Å². The molecule has 0 radical (unpaired) electrons. The molecule has 1 unspecified atom stereocenters. The SMILES string of the molecule is NC(/C=C\CCOC(=O)c1ccccc1)C(=O)O. The van der Waals surface area contributed by atoms with E-state index in [9.17, 15) is 9.59 Å². The van der Waals surface area contributed by atoms with Gasteiger partial charge in [-0.15, -0.1) is 0 Å². The van der Waals surface area contributed by atoms with Crippen molar-refractivity contribution in [1.29, 1.82) is 0 Å². The lowest BCUT2D eigenvalue weighted by molar-refractivity contribution is -0.137. The van der Waals surface area contributed by atoms with Crippen molar-refractivity contribution in [2.75, 3.05) is 6.61 Å². The first kappa shape index (κ1) is 13.9. The lowest BCUT2D eigenvalue weighted by Gasteiger charge is -2.02. The zero-order valence-corrected chi connectivity index (χ0v) is 9.78. The summed E-state index contributed by atoms with van der Waals surface area (Å²) in [5, 5.41) is 8.51. The largest absolute Gasteiger partial charge is 0.480 e. The Bertz CT molecular complexity index is 428. The molecule has 1 aromatic rings. The number of carboxylic acid groups (broad SMARTS) is 1. The third-order valence-corrected chi connectivity index (χ3v) is 2.16. The van der Waals surface area contributed by atoms with Gasteiger partial charge < -0.3 is 15.6 Å². The molecular weight excluding hydrogens is 234 g/mol. The van der Waals surface area contributed by atoms with Crippen molar-refractivity contribution in [2.45, 2.75) is 12.5 Å². The standard InChI is InChI=1S/C13H15NO4/c14-11(12(15)16)8-4-5-9-18-13(17)10-6-2-1-3-7-10/h1-4,6-8,11H,5,9,14H2,(H,15,16)/b8-4-. The van der Waals surface area contributed by atoms with E-state index in [1.165, 1.54) is 6.08 Å². The fourth-order valence-corrected chi connectivity index (χ4v) is 1.20. The van der Waals surface area contributed by atoms with Crippen LogP contribution in [0.1, 0.15) is 16.8 Å². The van der Waals surface area contributed by atoms with Gasteiger partial charge in [-0.25, -0.2) is 4.79 Å². The monoisotopic (exact) mass is 249 g/mol. The Balaban J connectivity index is 2.27. The predicted molar refractivity (Wildman–Crippen MR) is 66.1 cm³/mol. The average molecular weight is 249 g/mol. The minimum atomic E-state index is -1.09. The summed E-state index contributed by atoms with van der Waals surface area (Å²) < 4.78 is 4.99. The number of aliphatic carboxylic acids is 1. The van der Waals surface area contributed by atoms with Crippen molar-refractivity contribution in [3.63, 3.8) is 0 Å². The van der Waals surface area contributed by atoms with Gasteiger partial charge in [0.15, 0.2) is 0 Å². The van der Waals surface area contributed by atoms with Crippen molar-refractivity contribution in [3.8, 4) is 0 Å². The molecule has 5 heteroatoms. The molecule has 0 amide bonds. The molecule has 96 valence electrons. The van der Waals surface area contributed by atoms with E-state index >= 15 is 0 Å². The average Bonchev–Trinajstić information content (AvgIpc) is 2.38. The lowest BCUT2D eigenvalue weighted by atomic mass is 10.2. The first-order chi connectivity index (χ1) is 8.61. The van der Waals surface area contributed by atoms with E-state index in [1.807, 2.05) is 6.07 Å². The summed E-state index contributed by atoms with van der Waals surface area (Å²) in [5.41, 5.74) is 5.75. The smallest absolute Gasteiger partial charge is 0.338 e. The van der Waals surface area contributed by atoms with Gasteiger partial charge in [0.05, 0.1) is 12.2 Å². The summed E-state index contributed by atoms with van der Waals surface area (Å²) in [6, 6.07) is 7.63. The fourth-order valence-electron chi connectivity index (χ4n) is 1.20. The first-order valence-electron chi connectivity index (χ1n) is 5.48. The molecular formula is C13H15NO4. The number of hydrogen-bond acceptors (Lipinski definition) is 4. The number of carbonyl (C=O) groups excluding carboxylic acids is 1. The van der Waals surface area contributed by atoms with Crippen molar-refractivity contribution in [1.82, 2.24) is 0 Å². The molecule has 0 aromatic heterocycles. The molecule has 1 aromatic carbocycles. The van der Waals surface area contributed by atoms with E-state index < -0.39 is 18.0 Å². The third-order valence-electron chi connectivity index (χ3n) is 2.16. The Kier molecular flexibility index (Phi) is 5.60. The van der Waals surface area contributed by atoms with Crippen LogP contribution < -0.4 is 5.73 Å². The molecule has 0 saturated heterocycles. The quantitative estimate of drug-likeness (QED) is 0.449. The van der Waals surface area contributed by atoms with Crippen molar-refractivity contribution >= 4 is 11.9 Å². The molecule has 0 bridgehead atoms. The van der Waals surface area contributed by atoms with Crippen LogP contribution in [0.15, 0.2) is 42.5 Å². The number of carboxylic acids is 1. The van der Waals surface area contributed by atoms with Crippen LogP contribution >= 0.6 is 0 Å². The maximum absolute atomic E-state index is 11.5. The maximum Gasteiger partial charge on any atom is 0.338 e. The summed E-state index contributed by atoms with van der Waals surface area (Å²) in [7, 11) is 0. The van der Waals surface area contributed by atoms with Gasteiger partial charge in [-0.1, -0.05) is 30.4 Å². The Hall–Kier alpha value is -2.14. The normalized spacial score (nSPS) is 12.3. The summed E-state index contributed by atoms with van der Waals surface area (Å²) >= 11 is 0. The van der Waals surface area contributed by atoms with Crippen LogP contribution in [-0.2, 0) is 9.53 Å². The van der Waals surface area contributed by atoms with Crippen LogP contribution in [0.4, 0.5) is 0 Å². The minimum Gasteiger partial charge on any atom is -0.480 e. The number of benzene rings is 1. The van der Waals surface area contributed by atoms with Crippen LogP contribution in [0, 0.1) is 0 Å². The maximum atomic E-state index is 11.5. The van der Waals surface area contributed by atoms with E-state index in [-0.39, 0.29) is 6.61 Å². The topological polar surface area (TPSA) is 89.6 Å². The Morgan fingerprint density at radius 2 is 2.00 bits per heavy atom. The zero-order chi connectivity index (χ0) is 13.4. The summed E-state index contributed by atoms with van der Waals surface area (Å²) in [6.45, 7) is 0.191. The molecule has 0 heterocycles. The second-order valence-corrected chi connectivity index (χ2v) is 3.58. The molecule has 0 aliphatic heterocycles. The van der Waals surface area contributed by atoms with Crippen LogP contribution in [0.2, 0.25) is 0 Å². The molecule has 5 nitrogen and oxygen atoms in total. The van der Waals surface area contributed by atoms with E-state index in [1.54, 1.807) is 30.3 Å². The number of ether oxygens (including phenoxy) is 1. The van der Waals surface area contributed by atoms with E-state index in [0.29, 0.717) is 12.0 Å². The number of rotatable bonds is 6. The number of nitrogens with two attached hydrogens (primary N) is 1. The zero-order valence-electron chi connectivity index (χ0n) is 9.78. The Morgan fingerprint density at radius 1 is 1.33 bits per heavy atom. The lowest BCUT2D eigenvalue weighted by Crippen LogP contribution is -2.27. The highest BCUT2D eigenvalue weighted by Gasteiger charge is 2.06. The van der Waals surface area contributed by atoms with Gasteiger partial charge in [-0.3, -0.25) is 4.79 Å². The highest BCUT2D eigenvalue weighted by atomic mass is 16.5. The molecule has 0 fully saturated rings. The van der Waals surface area contributed by atoms with Gasteiger partial charge in [0, 0.05) is 0 Å². The van der Waals surface area contributed by atoms with E-state index in [4.69, 9.17) is 15.6 Å². The number of hydrogen-bond donors (Lipinski definition) is 2. The Labute approximate surface area is 105 Å². The second kappa shape index (κ2) is 7.24. The minimum absolute atomic E-state index is 0.191. The van der Waals surface area contributed by atoms with E-state index in [2.05, 4.69) is 0 Å². The van der Waals surface area contributed by atoms with Crippen LogP contribution in [0.3, 0.4) is 0 Å². The van der Waals surface area contributed by atoms with Crippen LogP contribution in [0.25, 0.3) is 0 Å². The third kappa shape index (κ3) is 4.80. The summed E-state index contributed by atoms with van der Waals surface area (Å²) in [5.74, 6) is -1.49. The first-order valence-corrected chi connectivity index (χ1v) is 5.48.